The van der Waals surface area contributed by atoms with Crippen molar-refractivity contribution in [3.05, 3.63) is 34.8 Å². The van der Waals surface area contributed by atoms with Crippen LogP contribution in [-0.4, -0.2) is 26.4 Å². The fourth-order valence-corrected chi connectivity index (χ4v) is 8.69. The summed E-state index contributed by atoms with van der Waals surface area (Å²) in [5, 5.41) is 0. The summed E-state index contributed by atoms with van der Waals surface area (Å²) < 4.78 is 18.2. The number of rotatable bonds is 2. The van der Waals surface area contributed by atoms with Gasteiger partial charge in [-0.2, -0.15) is 0 Å². The SMILES string of the molecule is CC[C@@]12C=CC3(CC1)[C@@H]1CCC4=C(C5OCCOC5=C(OC)C4)[C@H]1CC[C@@]32C. The van der Waals surface area contributed by atoms with Crippen LogP contribution in [0.5, 0.6) is 0 Å². The van der Waals surface area contributed by atoms with Gasteiger partial charge in [-0.25, -0.2) is 0 Å². The number of methoxy groups -OCH3 is 1. The van der Waals surface area contributed by atoms with Crippen molar-refractivity contribution in [3.63, 3.8) is 0 Å². The molecule has 2 unspecified atom stereocenters. The van der Waals surface area contributed by atoms with Crippen LogP contribution in [0.3, 0.4) is 0 Å². The van der Waals surface area contributed by atoms with E-state index in [2.05, 4.69) is 26.0 Å². The Morgan fingerprint density at radius 3 is 2.79 bits per heavy atom. The molecule has 6 atom stereocenters. The van der Waals surface area contributed by atoms with Crippen molar-refractivity contribution in [1.29, 1.82) is 0 Å². The molecule has 3 heteroatoms. The quantitative estimate of drug-likeness (QED) is 0.588. The van der Waals surface area contributed by atoms with E-state index < -0.39 is 0 Å². The standard InChI is InChI=1S/C25H34O3/c1-4-24-9-11-25(12-10-24)18-6-5-16-15-19(26-3)21-22(28-14-13-27-21)20(16)17(18)7-8-23(24,25)2/h9,11,17-18,22H,4-8,10,12-15H2,1-3H3/t17-,18+,22?,23+,24+,25?/m0/s1. The largest absolute Gasteiger partial charge is 0.497 e. The van der Waals surface area contributed by atoms with Gasteiger partial charge in [0.1, 0.15) is 18.5 Å². The minimum absolute atomic E-state index is 0.0173. The zero-order valence-corrected chi connectivity index (χ0v) is 17.7. The van der Waals surface area contributed by atoms with E-state index in [0.717, 1.165) is 23.9 Å². The van der Waals surface area contributed by atoms with E-state index in [4.69, 9.17) is 14.2 Å². The first kappa shape index (κ1) is 17.6. The summed E-state index contributed by atoms with van der Waals surface area (Å²) in [6, 6.07) is 0. The Labute approximate surface area is 169 Å². The van der Waals surface area contributed by atoms with Gasteiger partial charge >= 0.3 is 0 Å². The molecular formula is C25H34O3. The van der Waals surface area contributed by atoms with Gasteiger partial charge in [0.25, 0.3) is 0 Å². The summed E-state index contributed by atoms with van der Waals surface area (Å²) in [4.78, 5) is 0. The average molecular weight is 383 g/mol. The van der Waals surface area contributed by atoms with Crippen molar-refractivity contribution >= 4 is 0 Å². The minimum atomic E-state index is 0.0173. The molecule has 0 aromatic heterocycles. The highest BCUT2D eigenvalue weighted by Gasteiger charge is 2.70. The Kier molecular flexibility index (Phi) is 3.58. The molecule has 0 amide bonds. The second-order valence-electron chi connectivity index (χ2n) is 10.3. The Morgan fingerprint density at radius 1 is 1.14 bits per heavy atom. The van der Waals surface area contributed by atoms with E-state index in [1.165, 1.54) is 44.9 Å². The molecule has 0 spiro atoms. The van der Waals surface area contributed by atoms with Crippen molar-refractivity contribution in [2.75, 3.05) is 20.3 Å². The molecule has 5 aliphatic carbocycles. The normalized spacial score (nSPS) is 48.6. The summed E-state index contributed by atoms with van der Waals surface area (Å²) >= 11 is 0. The molecule has 3 fully saturated rings. The lowest BCUT2D eigenvalue weighted by molar-refractivity contribution is -0.0752. The van der Waals surface area contributed by atoms with E-state index in [-0.39, 0.29) is 6.10 Å². The lowest BCUT2D eigenvalue weighted by Crippen LogP contribution is -2.52. The number of hydrogen-bond acceptors (Lipinski definition) is 3. The molecule has 2 saturated carbocycles. The first-order valence-electron chi connectivity index (χ1n) is 11.5. The highest BCUT2D eigenvalue weighted by Crippen LogP contribution is 2.78. The Hall–Kier alpha value is -1.22. The second kappa shape index (κ2) is 5.68. The smallest absolute Gasteiger partial charge is 0.167 e. The molecular weight excluding hydrogens is 348 g/mol. The molecule has 1 heterocycles. The lowest BCUT2D eigenvalue weighted by Gasteiger charge is -2.59. The van der Waals surface area contributed by atoms with Gasteiger partial charge in [0.15, 0.2) is 5.76 Å². The molecule has 2 bridgehead atoms. The van der Waals surface area contributed by atoms with Crippen molar-refractivity contribution in [3.8, 4) is 0 Å². The van der Waals surface area contributed by atoms with Crippen molar-refractivity contribution in [2.24, 2.45) is 28.1 Å². The van der Waals surface area contributed by atoms with Gasteiger partial charge in [-0.05, 0) is 78.6 Å². The maximum atomic E-state index is 6.35. The summed E-state index contributed by atoms with van der Waals surface area (Å²) in [6.45, 7) is 6.40. The van der Waals surface area contributed by atoms with Crippen molar-refractivity contribution < 1.29 is 14.2 Å². The molecule has 1 aliphatic heterocycles. The van der Waals surface area contributed by atoms with Crippen LogP contribution in [0.25, 0.3) is 0 Å². The van der Waals surface area contributed by atoms with E-state index in [1.807, 2.05) is 0 Å². The third-order valence-corrected chi connectivity index (χ3v) is 10.2. The van der Waals surface area contributed by atoms with Crippen LogP contribution < -0.4 is 0 Å². The summed E-state index contributed by atoms with van der Waals surface area (Å²) in [5.74, 6) is 3.42. The Morgan fingerprint density at radius 2 is 2.04 bits per heavy atom. The molecule has 6 aliphatic rings. The van der Waals surface area contributed by atoms with Crippen LogP contribution >= 0.6 is 0 Å². The zero-order valence-electron chi connectivity index (χ0n) is 17.7. The number of allylic oxidation sites excluding steroid dienone is 3. The number of fused-ring (bicyclic) bond motifs is 4. The van der Waals surface area contributed by atoms with E-state index in [1.54, 1.807) is 18.3 Å². The summed E-state index contributed by atoms with van der Waals surface area (Å²) in [6.07, 6.45) is 15.6. The van der Waals surface area contributed by atoms with Gasteiger partial charge in [0, 0.05) is 6.42 Å². The van der Waals surface area contributed by atoms with Gasteiger partial charge in [0.2, 0.25) is 0 Å². The van der Waals surface area contributed by atoms with Gasteiger partial charge < -0.3 is 14.2 Å². The molecule has 3 nitrogen and oxygen atoms in total. The van der Waals surface area contributed by atoms with Crippen LogP contribution in [-0.2, 0) is 14.2 Å². The minimum Gasteiger partial charge on any atom is -0.497 e. The molecule has 0 N–H and O–H groups in total. The first-order valence-corrected chi connectivity index (χ1v) is 11.5. The topological polar surface area (TPSA) is 27.7 Å². The van der Waals surface area contributed by atoms with Crippen LogP contribution in [0.2, 0.25) is 0 Å². The van der Waals surface area contributed by atoms with Crippen molar-refractivity contribution in [1.82, 2.24) is 0 Å². The van der Waals surface area contributed by atoms with E-state index in [0.29, 0.717) is 35.4 Å². The number of hydrogen-bond donors (Lipinski definition) is 0. The van der Waals surface area contributed by atoms with Crippen LogP contribution in [0, 0.1) is 28.1 Å². The first-order chi connectivity index (χ1) is 13.6. The monoisotopic (exact) mass is 382 g/mol. The predicted octanol–water partition coefficient (Wildman–Crippen LogP) is 5.53. The van der Waals surface area contributed by atoms with Gasteiger partial charge in [0.05, 0.1) is 13.7 Å². The third kappa shape index (κ3) is 1.82. The maximum Gasteiger partial charge on any atom is 0.167 e. The third-order valence-electron chi connectivity index (χ3n) is 10.2. The molecule has 0 aromatic rings. The fourth-order valence-electron chi connectivity index (χ4n) is 8.69. The highest BCUT2D eigenvalue weighted by atomic mass is 16.6. The fraction of sp³-hybridized carbons (Fsp3) is 0.760. The Balaban J connectivity index is 1.42. The maximum absolute atomic E-state index is 6.35. The second-order valence-corrected chi connectivity index (χ2v) is 10.3. The average Bonchev–Trinajstić information content (AvgIpc) is 3.16. The number of ether oxygens (including phenoxy) is 3. The highest BCUT2D eigenvalue weighted by molar-refractivity contribution is 5.43. The van der Waals surface area contributed by atoms with E-state index in [9.17, 15) is 0 Å². The van der Waals surface area contributed by atoms with Gasteiger partial charge in [-0.15, -0.1) is 0 Å². The van der Waals surface area contributed by atoms with Crippen molar-refractivity contribution in [2.45, 2.75) is 71.3 Å². The molecule has 28 heavy (non-hydrogen) atoms. The summed E-state index contributed by atoms with van der Waals surface area (Å²) in [7, 11) is 1.78. The molecule has 1 saturated heterocycles. The molecule has 6 rings (SSSR count). The Bertz CT molecular complexity index is 807. The van der Waals surface area contributed by atoms with Gasteiger partial charge in [-0.1, -0.05) is 31.6 Å². The van der Waals surface area contributed by atoms with E-state index >= 15 is 0 Å². The molecule has 0 radical (unpaired) electrons. The van der Waals surface area contributed by atoms with Gasteiger partial charge in [-0.3, -0.25) is 0 Å². The van der Waals surface area contributed by atoms with Crippen LogP contribution in [0.1, 0.15) is 65.2 Å². The molecule has 152 valence electrons. The van der Waals surface area contributed by atoms with Crippen LogP contribution in [0.4, 0.5) is 0 Å². The zero-order chi connectivity index (χ0) is 19.1. The predicted molar refractivity (Wildman–Crippen MR) is 108 cm³/mol. The lowest BCUT2D eigenvalue weighted by atomic mass is 9.46. The van der Waals surface area contributed by atoms with Crippen LogP contribution in [0.15, 0.2) is 34.8 Å². The summed E-state index contributed by atoms with van der Waals surface area (Å²) in [5.41, 5.74) is 4.52. The molecule has 0 aromatic carbocycles.